The summed E-state index contributed by atoms with van der Waals surface area (Å²) in [5.41, 5.74) is 2.01. The van der Waals surface area contributed by atoms with Crippen molar-refractivity contribution in [1.82, 2.24) is 0 Å². The minimum atomic E-state index is 0.105. The minimum Gasteiger partial charge on any atom is -0.378 e. The van der Waals surface area contributed by atoms with Gasteiger partial charge in [0.1, 0.15) is 0 Å². The van der Waals surface area contributed by atoms with Crippen molar-refractivity contribution in [2.45, 2.75) is 13.8 Å². The number of anilines is 1. The minimum absolute atomic E-state index is 0.105. The smallest absolute Gasteiger partial charge is 0.174 e. The SMILES string of the molecule is CC(C)=CC(=O)CNc1ccccc1. The van der Waals surface area contributed by atoms with Crippen LogP contribution >= 0.6 is 0 Å². The van der Waals surface area contributed by atoms with Gasteiger partial charge in [-0.1, -0.05) is 23.8 Å². The Hall–Kier alpha value is -1.57. The van der Waals surface area contributed by atoms with Crippen LogP contribution in [0.15, 0.2) is 42.0 Å². The molecule has 0 aliphatic heterocycles. The first kappa shape index (κ1) is 10.5. The maximum atomic E-state index is 11.3. The zero-order valence-electron chi connectivity index (χ0n) is 8.58. The quantitative estimate of drug-likeness (QED) is 0.738. The van der Waals surface area contributed by atoms with Crippen molar-refractivity contribution < 1.29 is 4.79 Å². The number of allylic oxidation sites excluding steroid dienone is 1. The normalized spacial score (nSPS) is 9.29. The summed E-state index contributed by atoms with van der Waals surface area (Å²) < 4.78 is 0. The fourth-order valence-corrected chi connectivity index (χ4v) is 1.12. The molecule has 0 unspecified atom stereocenters. The largest absolute Gasteiger partial charge is 0.378 e. The molecule has 0 saturated carbocycles. The van der Waals surface area contributed by atoms with Gasteiger partial charge in [-0.2, -0.15) is 0 Å². The summed E-state index contributed by atoms with van der Waals surface area (Å²) >= 11 is 0. The molecule has 0 saturated heterocycles. The summed E-state index contributed by atoms with van der Waals surface area (Å²) in [6.07, 6.45) is 1.65. The number of benzene rings is 1. The Morgan fingerprint density at radius 2 is 1.93 bits per heavy atom. The number of carbonyl (C=O) groups is 1. The van der Waals surface area contributed by atoms with Crippen molar-refractivity contribution in [3.8, 4) is 0 Å². The van der Waals surface area contributed by atoms with Gasteiger partial charge in [0.05, 0.1) is 6.54 Å². The van der Waals surface area contributed by atoms with E-state index in [0.717, 1.165) is 11.3 Å². The van der Waals surface area contributed by atoms with E-state index in [4.69, 9.17) is 0 Å². The van der Waals surface area contributed by atoms with Gasteiger partial charge in [-0.3, -0.25) is 4.79 Å². The first-order valence-electron chi connectivity index (χ1n) is 4.65. The predicted molar refractivity (Wildman–Crippen MR) is 59.4 cm³/mol. The molecule has 0 amide bonds. The molecular weight excluding hydrogens is 174 g/mol. The second kappa shape index (κ2) is 5.22. The molecule has 74 valence electrons. The molecule has 2 heteroatoms. The van der Waals surface area contributed by atoms with E-state index < -0.39 is 0 Å². The molecule has 0 aliphatic rings. The van der Waals surface area contributed by atoms with E-state index in [1.54, 1.807) is 6.08 Å². The van der Waals surface area contributed by atoms with E-state index in [-0.39, 0.29) is 5.78 Å². The average Bonchev–Trinajstić information content (AvgIpc) is 2.15. The molecule has 0 aromatic heterocycles. The van der Waals surface area contributed by atoms with E-state index in [1.807, 2.05) is 44.2 Å². The molecule has 0 atom stereocenters. The van der Waals surface area contributed by atoms with Crippen LogP contribution in [0.3, 0.4) is 0 Å². The summed E-state index contributed by atoms with van der Waals surface area (Å²) in [7, 11) is 0. The number of ketones is 1. The van der Waals surface area contributed by atoms with E-state index in [9.17, 15) is 4.79 Å². The second-order valence-electron chi connectivity index (χ2n) is 3.41. The number of carbonyl (C=O) groups excluding carboxylic acids is 1. The van der Waals surface area contributed by atoms with Crippen LogP contribution in [-0.4, -0.2) is 12.3 Å². The molecule has 1 aromatic carbocycles. The lowest BCUT2D eigenvalue weighted by molar-refractivity contribution is -0.113. The number of nitrogens with one attached hydrogen (secondary N) is 1. The Labute approximate surface area is 84.6 Å². The maximum absolute atomic E-state index is 11.3. The number of hydrogen-bond donors (Lipinski definition) is 1. The lowest BCUT2D eigenvalue weighted by atomic mass is 10.2. The van der Waals surface area contributed by atoms with Gasteiger partial charge < -0.3 is 5.32 Å². The first-order chi connectivity index (χ1) is 6.68. The zero-order valence-corrected chi connectivity index (χ0v) is 8.58. The third-order valence-electron chi connectivity index (χ3n) is 1.69. The van der Waals surface area contributed by atoms with Gasteiger partial charge in [-0.05, 0) is 32.1 Å². The molecule has 0 bridgehead atoms. The zero-order chi connectivity index (χ0) is 10.4. The van der Waals surface area contributed by atoms with Crippen LogP contribution in [-0.2, 0) is 4.79 Å². The number of rotatable bonds is 4. The highest BCUT2D eigenvalue weighted by Crippen LogP contribution is 2.04. The third-order valence-corrected chi connectivity index (χ3v) is 1.69. The van der Waals surface area contributed by atoms with E-state index >= 15 is 0 Å². The topological polar surface area (TPSA) is 29.1 Å². The van der Waals surface area contributed by atoms with E-state index in [0.29, 0.717) is 6.54 Å². The van der Waals surface area contributed by atoms with Crippen molar-refractivity contribution in [3.05, 3.63) is 42.0 Å². The second-order valence-corrected chi connectivity index (χ2v) is 3.41. The maximum Gasteiger partial charge on any atom is 0.174 e. The van der Waals surface area contributed by atoms with Crippen LogP contribution in [0.5, 0.6) is 0 Å². The Kier molecular flexibility index (Phi) is 3.92. The standard InChI is InChI=1S/C12H15NO/c1-10(2)8-12(14)9-13-11-6-4-3-5-7-11/h3-8,13H,9H2,1-2H3. The Balaban J connectivity index is 2.42. The van der Waals surface area contributed by atoms with Crippen LogP contribution in [0.25, 0.3) is 0 Å². The number of para-hydroxylation sites is 1. The average molecular weight is 189 g/mol. The lowest BCUT2D eigenvalue weighted by Crippen LogP contribution is -2.11. The van der Waals surface area contributed by atoms with Gasteiger partial charge >= 0.3 is 0 Å². The Bertz CT molecular complexity index is 323. The van der Waals surface area contributed by atoms with Crippen LogP contribution in [0, 0.1) is 0 Å². The highest BCUT2D eigenvalue weighted by atomic mass is 16.1. The third kappa shape index (κ3) is 3.90. The summed E-state index contributed by atoms with van der Waals surface area (Å²) in [5.74, 6) is 0.105. The molecule has 0 heterocycles. The molecule has 1 rings (SSSR count). The van der Waals surface area contributed by atoms with Crippen molar-refractivity contribution in [1.29, 1.82) is 0 Å². The van der Waals surface area contributed by atoms with Gasteiger partial charge in [0, 0.05) is 5.69 Å². The molecule has 2 nitrogen and oxygen atoms in total. The Morgan fingerprint density at radius 1 is 1.29 bits per heavy atom. The van der Waals surface area contributed by atoms with Crippen molar-refractivity contribution in [3.63, 3.8) is 0 Å². The van der Waals surface area contributed by atoms with Gasteiger partial charge in [0.2, 0.25) is 0 Å². The van der Waals surface area contributed by atoms with Gasteiger partial charge in [-0.25, -0.2) is 0 Å². The monoisotopic (exact) mass is 189 g/mol. The van der Waals surface area contributed by atoms with E-state index in [1.165, 1.54) is 0 Å². The van der Waals surface area contributed by atoms with Gasteiger partial charge in [0.25, 0.3) is 0 Å². The highest BCUT2D eigenvalue weighted by Gasteiger charge is 1.96. The molecule has 0 fully saturated rings. The fourth-order valence-electron chi connectivity index (χ4n) is 1.12. The molecule has 1 aromatic rings. The summed E-state index contributed by atoms with van der Waals surface area (Å²) in [6.45, 7) is 4.19. The van der Waals surface area contributed by atoms with Crippen molar-refractivity contribution in [2.24, 2.45) is 0 Å². The van der Waals surface area contributed by atoms with Gasteiger partial charge in [0.15, 0.2) is 5.78 Å². The van der Waals surface area contributed by atoms with Gasteiger partial charge in [-0.15, -0.1) is 0 Å². The van der Waals surface area contributed by atoms with Crippen LogP contribution in [0.2, 0.25) is 0 Å². The molecular formula is C12H15NO. The van der Waals surface area contributed by atoms with Crippen LogP contribution in [0.4, 0.5) is 5.69 Å². The van der Waals surface area contributed by atoms with Crippen molar-refractivity contribution in [2.75, 3.05) is 11.9 Å². The summed E-state index contributed by atoms with van der Waals surface area (Å²) in [5, 5.41) is 3.06. The lowest BCUT2D eigenvalue weighted by Gasteiger charge is -2.02. The highest BCUT2D eigenvalue weighted by molar-refractivity contribution is 5.93. The van der Waals surface area contributed by atoms with Crippen LogP contribution in [0.1, 0.15) is 13.8 Å². The van der Waals surface area contributed by atoms with Crippen molar-refractivity contribution >= 4 is 11.5 Å². The summed E-state index contributed by atoms with van der Waals surface area (Å²) in [6, 6.07) is 9.70. The Morgan fingerprint density at radius 3 is 2.50 bits per heavy atom. The van der Waals surface area contributed by atoms with E-state index in [2.05, 4.69) is 5.32 Å². The summed E-state index contributed by atoms with van der Waals surface area (Å²) in [4.78, 5) is 11.3. The van der Waals surface area contributed by atoms with Crippen LogP contribution < -0.4 is 5.32 Å². The first-order valence-corrected chi connectivity index (χ1v) is 4.65. The molecule has 0 spiro atoms. The molecule has 0 aliphatic carbocycles. The number of hydrogen-bond acceptors (Lipinski definition) is 2. The molecule has 1 N–H and O–H groups in total. The molecule has 0 radical (unpaired) electrons. The molecule has 14 heavy (non-hydrogen) atoms. The fraction of sp³-hybridized carbons (Fsp3) is 0.250. The predicted octanol–water partition coefficient (Wildman–Crippen LogP) is 2.63.